The Balaban J connectivity index is -0.000000156. The number of halogens is 3. The summed E-state index contributed by atoms with van der Waals surface area (Å²) in [5, 5.41) is 0. The molecule has 0 spiro atoms. The molecular formula is C16H24Cl3O12Rh. The van der Waals surface area contributed by atoms with Gasteiger partial charge in [0.2, 0.25) is 0 Å². The molecule has 0 aromatic heterocycles. The molecule has 2 aliphatic rings. The van der Waals surface area contributed by atoms with Crippen molar-refractivity contribution < 1.29 is 106 Å². The molecule has 0 unspecified atom stereocenters. The normalized spacial score (nSPS) is 17.6. The molecule has 12 nitrogen and oxygen atoms in total. The molecule has 2 aliphatic carbocycles. The fourth-order valence-electron chi connectivity index (χ4n) is 1.71. The topological polar surface area (TPSA) is 277 Å². The molecule has 0 aliphatic heterocycles. The van der Waals surface area contributed by atoms with Gasteiger partial charge in [0.05, 0.1) is 0 Å². The minimum atomic E-state index is -4.94. The number of hydrogen-bond acceptors (Lipinski definition) is 12. The monoisotopic (exact) mass is 616 g/mol. The molecule has 0 atom stereocenters. The predicted octanol–water partition coefficient (Wildman–Crippen LogP) is -8.92. The van der Waals surface area contributed by atoms with E-state index < -0.39 is 30.7 Å². The van der Waals surface area contributed by atoms with Crippen molar-refractivity contribution in [2.45, 2.75) is 51.4 Å². The molecule has 0 heterocycles. The Morgan fingerprint density at radius 1 is 0.281 bits per heavy atom. The number of rotatable bonds is 0. The van der Waals surface area contributed by atoms with E-state index in [4.69, 9.17) is 55.9 Å². The molecule has 0 radical (unpaired) electrons. The van der Waals surface area contributed by atoms with Gasteiger partial charge in [-0.15, -0.1) is 30.7 Å². The Morgan fingerprint density at radius 3 is 0.406 bits per heavy atom. The summed E-state index contributed by atoms with van der Waals surface area (Å²) >= 11 is 0. The van der Waals surface area contributed by atoms with Gasteiger partial charge in [0, 0.05) is 0 Å². The molecule has 0 aromatic carbocycles. The molecule has 32 heavy (non-hydrogen) atoms. The second-order valence-corrected chi connectivity index (χ2v) is 7.60. The third-order valence-electron chi connectivity index (χ3n) is 2.67. The van der Waals surface area contributed by atoms with Crippen LogP contribution in [0.25, 0.3) is 0 Å². The zero-order valence-corrected chi connectivity index (χ0v) is 20.5. The van der Waals surface area contributed by atoms with E-state index >= 15 is 0 Å². The van der Waals surface area contributed by atoms with Crippen LogP contribution >= 0.6 is 0 Å². The SMILES string of the molecule is C1=CCC/C=C\CC1.C1=CCC/C=C\CC1.[O-][Cl+3]([O-])([O-])[O-].[O-][Cl+3]([O-])([O-])[O-].[O-][Cl+3]([O-])([O-])[O-].[Rh+3]. The Hall–Kier alpha value is -0.0266. The van der Waals surface area contributed by atoms with Crippen LogP contribution in [0.2, 0.25) is 0 Å². The first-order chi connectivity index (χ1) is 14.0. The van der Waals surface area contributed by atoms with Crippen molar-refractivity contribution >= 4 is 0 Å². The molecule has 0 fully saturated rings. The zero-order valence-electron chi connectivity index (χ0n) is 16.6. The van der Waals surface area contributed by atoms with E-state index in [2.05, 4.69) is 48.6 Å². The van der Waals surface area contributed by atoms with Gasteiger partial charge in [-0.1, -0.05) is 48.6 Å². The summed E-state index contributed by atoms with van der Waals surface area (Å²) in [4.78, 5) is 0. The maximum Gasteiger partial charge on any atom is 3.00 e. The van der Waals surface area contributed by atoms with Gasteiger partial charge in [-0.25, -0.2) is 55.9 Å². The molecule has 190 valence electrons. The molecule has 0 amide bonds. The summed E-state index contributed by atoms with van der Waals surface area (Å²) in [5.41, 5.74) is 0. The predicted molar refractivity (Wildman–Crippen MR) is 73.5 cm³/mol. The first kappa shape index (κ1) is 39.2. The van der Waals surface area contributed by atoms with E-state index in [9.17, 15) is 0 Å². The summed E-state index contributed by atoms with van der Waals surface area (Å²) in [6, 6.07) is 0. The van der Waals surface area contributed by atoms with Gasteiger partial charge in [0.25, 0.3) is 0 Å². The molecule has 16 heteroatoms. The van der Waals surface area contributed by atoms with Crippen molar-refractivity contribution in [1.82, 2.24) is 0 Å². The third kappa shape index (κ3) is 98.6. The maximum absolute atomic E-state index is 8.49. The van der Waals surface area contributed by atoms with E-state index in [1.54, 1.807) is 0 Å². The number of allylic oxidation sites excluding steroid dienone is 8. The van der Waals surface area contributed by atoms with E-state index in [0.29, 0.717) is 0 Å². The summed E-state index contributed by atoms with van der Waals surface area (Å²) in [6.07, 6.45) is 28.0. The molecular weight excluding hydrogens is 593 g/mol. The van der Waals surface area contributed by atoms with Crippen molar-refractivity contribution in [2.75, 3.05) is 0 Å². The molecule has 0 saturated heterocycles. The van der Waals surface area contributed by atoms with Crippen molar-refractivity contribution in [1.29, 1.82) is 0 Å². The van der Waals surface area contributed by atoms with E-state index in [1.165, 1.54) is 51.4 Å². The van der Waals surface area contributed by atoms with Crippen molar-refractivity contribution in [3.05, 3.63) is 48.6 Å². The van der Waals surface area contributed by atoms with Crippen LogP contribution in [0.3, 0.4) is 0 Å². The van der Waals surface area contributed by atoms with Crippen molar-refractivity contribution in [3.63, 3.8) is 0 Å². The third-order valence-corrected chi connectivity index (χ3v) is 2.67. The smallest absolute Gasteiger partial charge is 0.222 e. The average Bonchev–Trinajstić information content (AvgIpc) is 2.40. The van der Waals surface area contributed by atoms with E-state index in [-0.39, 0.29) is 19.5 Å². The van der Waals surface area contributed by atoms with E-state index in [1.807, 2.05) is 0 Å². The second kappa shape index (κ2) is 24.1. The van der Waals surface area contributed by atoms with E-state index in [0.717, 1.165) is 0 Å². The Labute approximate surface area is 205 Å². The van der Waals surface area contributed by atoms with Gasteiger partial charge >= 0.3 is 19.5 Å². The van der Waals surface area contributed by atoms with Gasteiger partial charge in [-0.05, 0) is 51.4 Å². The quantitative estimate of drug-likeness (QED) is 0.181. The first-order valence-electron chi connectivity index (χ1n) is 8.45. The van der Waals surface area contributed by atoms with Gasteiger partial charge < -0.3 is 0 Å². The van der Waals surface area contributed by atoms with Gasteiger partial charge in [0.15, 0.2) is 0 Å². The fourth-order valence-corrected chi connectivity index (χ4v) is 1.71. The van der Waals surface area contributed by atoms with Crippen molar-refractivity contribution in [3.8, 4) is 0 Å². The Morgan fingerprint density at radius 2 is 0.344 bits per heavy atom. The molecule has 0 bridgehead atoms. The minimum Gasteiger partial charge on any atom is -0.222 e. The standard InChI is InChI=1S/2C8H12.3ClHO4.Rh/c2*1-2-4-6-8-7-5-3-1;3*2-1(3,4)5;/h2*1-2,7-8H,3-6H2;3*(H,2,3,4,5);/q;;;;;+3/p-3/b2*2-1-,8-7?;;;;. The minimum absolute atomic E-state index is 0. The fraction of sp³-hybridized carbons (Fsp3) is 0.500. The Bertz CT molecular complexity index is 385. The molecule has 2 rings (SSSR count). The Kier molecular flexibility index (Phi) is 29.5. The van der Waals surface area contributed by atoms with Crippen LogP contribution in [0.4, 0.5) is 0 Å². The number of hydrogen-bond donors (Lipinski definition) is 0. The average molecular weight is 618 g/mol. The summed E-state index contributed by atoms with van der Waals surface area (Å²) in [6.45, 7) is 0. The van der Waals surface area contributed by atoms with Gasteiger partial charge in [-0.2, -0.15) is 0 Å². The summed E-state index contributed by atoms with van der Waals surface area (Å²) < 4.78 is 102. The van der Waals surface area contributed by atoms with Crippen LogP contribution in [-0.2, 0) is 19.5 Å². The molecule has 0 saturated carbocycles. The molecule has 0 aromatic rings. The maximum atomic E-state index is 8.49. The van der Waals surface area contributed by atoms with Crippen LogP contribution in [0, 0.1) is 30.7 Å². The second-order valence-electron chi connectivity index (χ2n) is 5.33. The zero-order chi connectivity index (χ0) is 24.8. The molecule has 0 N–H and O–H groups in total. The largest absolute Gasteiger partial charge is 3.00 e. The van der Waals surface area contributed by atoms with Crippen LogP contribution in [-0.4, -0.2) is 0 Å². The van der Waals surface area contributed by atoms with Crippen molar-refractivity contribution in [2.24, 2.45) is 0 Å². The summed E-state index contributed by atoms with van der Waals surface area (Å²) in [7, 11) is -14.8. The first-order valence-corrected chi connectivity index (χ1v) is 12.2. The van der Waals surface area contributed by atoms with Crippen LogP contribution in [0.1, 0.15) is 51.4 Å². The van der Waals surface area contributed by atoms with Crippen LogP contribution < -0.4 is 55.9 Å². The van der Waals surface area contributed by atoms with Crippen LogP contribution in [0.5, 0.6) is 0 Å². The summed E-state index contributed by atoms with van der Waals surface area (Å²) in [5.74, 6) is 0. The van der Waals surface area contributed by atoms with Gasteiger partial charge in [0.1, 0.15) is 0 Å². The van der Waals surface area contributed by atoms with Gasteiger partial charge in [-0.3, -0.25) is 0 Å². The van der Waals surface area contributed by atoms with Crippen LogP contribution in [0.15, 0.2) is 48.6 Å².